The molecule has 3 nitrogen and oxygen atoms in total. The molecule has 1 N–H and O–H groups in total. The number of nitrogens with one attached hydrogen (secondary N) is 1. The Balaban J connectivity index is 0. The lowest BCUT2D eigenvalue weighted by atomic mass is 10.2. The fourth-order valence-corrected chi connectivity index (χ4v) is 0.834. The van der Waals surface area contributed by atoms with E-state index >= 15 is 0 Å². The van der Waals surface area contributed by atoms with Gasteiger partial charge in [0.05, 0.1) is 0 Å². The summed E-state index contributed by atoms with van der Waals surface area (Å²) in [5, 5.41) is 2.59. The van der Waals surface area contributed by atoms with E-state index < -0.39 is 0 Å². The van der Waals surface area contributed by atoms with Gasteiger partial charge in [0.1, 0.15) is 0 Å². The average molecular weight is 189 g/mol. The van der Waals surface area contributed by atoms with Gasteiger partial charge in [-0.2, -0.15) is 0 Å². The van der Waals surface area contributed by atoms with Crippen LogP contribution in [0.1, 0.15) is 39.5 Å². The molecule has 0 rings (SSSR count). The van der Waals surface area contributed by atoms with E-state index in [1.165, 1.54) is 0 Å². The first-order valence-electron chi connectivity index (χ1n) is 5.00. The van der Waals surface area contributed by atoms with Crippen LogP contribution in [0.5, 0.6) is 0 Å². The lowest BCUT2D eigenvalue weighted by molar-refractivity contribution is -0.120. The lowest BCUT2D eigenvalue weighted by Gasteiger charge is -1.99. The number of carbonyl (C=O) groups excluding carboxylic acids is 1. The lowest BCUT2D eigenvalue weighted by Crippen LogP contribution is -2.16. The fourth-order valence-electron chi connectivity index (χ4n) is 0.834. The predicted octanol–water partition coefficient (Wildman–Crippen LogP) is 1.97. The molecule has 0 aromatic heterocycles. The van der Waals surface area contributed by atoms with E-state index in [0.29, 0.717) is 6.42 Å². The molecule has 0 aromatic rings. The summed E-state index contributed by atoms with van der Waals surface area (Å²) in [6.45, 7) is 4.80. The van der Waals surface area contributed by atoms with Gasteiger partial charge in [-0.1, -0.05) is 20.3 Å². The highest BCUT2D eigenvalue weighted by atomic mass is 16.5. The highest BCUT2D eigenvalue weighted by Crippen LogP contribution is 1.98. The number of amides is 1. The Morgan fingerprint density at radius 3 is 2.31 bits per heavy atom. The van der Waals surface area contributed by atoms with Gasteiger partial charge >= 0.3 is 0 Å². The molecule has 0 saturated heterocycles. The molecule has 0 aromatic carbocycles. The maximum Gasteiger partial charge on any atom is 0.219 e. The number of hydrogen-bond donors (Lipinski definition) is 1. The molecule has 0 atom stereocenters. The summed E-state index contributed by atoms with van der Waals surface area (Å²) in [6, 6.07) is 0. The van der Waals surface area contributed by atoms with Crippen LogP contribution in [0.2, 0.25) is 0 Å². The summed E-state index contributed by atoms with van der Waals surface area (Å²) in [7, 11) is 3.36. The van der Waals surface area contributed by atoms with Crippen LogP contribution in [-0.2, 0) is 9.53 Å². The van der Waals surface area contributed by atoms with Crippen molar-refractivity contribution in [3.05, 3.63) is 0 Å². The number of methoxy groups -OCH3 is 1. The normalized spacial score (nSPS) is 8.62. The van der Waals surface area contributed by atoms with Crippen molar-refractivity contribution >= 4 is 5.91 Å². The maximum absolute atomic E-state index is 10.7. The monoisotopic (exact) mass is 189 g/mol. The number of rotatable bonds is 6. The summed E-state index contributed by atoms with van der Waals surface area (Å²) < 4.78 is 4.87. The van der Waals surface area contributed by atoms with Crippen LogP contribution >= 0.6 is 0 Å². The standard InChI is InChI=1S/C8H17NO2.C2H6/c1-9-8(10)6-4-3-5-7-11-2;1-2/h3-7H2,1-2H3,(H,9,10);1-2H3. The van der Waals surface area contributed by atoms with Gasteiger partial charge in [0.25, 0.3) is 0 Å². The minimum atomic E-state index is 0.127. The van der Waals surface area contributed by atoms with Crippen LogP contribution in [0.25, 0.3) is 0 Å². The molecular formula is C10H23NO2. The first-order chi connectivity index (χ1) is 6.31. The number of ether oxygens (including phenoxy) is 1. The molecule has 0 aliphatic rings. The zero-order chi connectivity index (χ0) is 10.5. The van der Waals surface area contributed by atoms with E-state index in [9.17, 15) is 4.79 Å². The van der Waals surface area contributed by atoms with Crippen molar-refractivity contribution in [1.82, 2.24) is 5.32 Å². The van der Waals surface area contributed by atoms with Crippen LogP contribution < -0.4 is 5.32 Å². The molecule has 0 aliphatic carbocycles. The largest absolute Gasteiger partial charge is 0.385 e. The molecule has 0 spiro atoms. The van der Waals surface area contributed by atoms with Crippen LogP contribution in [0.4, 0.5) is 0 Å². The van der Waals surface area contributed by atoms with Crippen LogP contribution in [-0.4, -0.2) is 26.7 Å². The van der Waals surface area contributed by atoms with Gasteiger partial charge in [0, 0.05) is 27.2 Å². The third kappa shape index (κ3) is 14.3. The summed E-state index contributed by atoms with van der Waals surface area (Å²) in [5.74, 6) is 0.127. The molecule has 0 unspecified atom stereocenters. The summed E-state index contributed by atoms with van der Waals surface area (Å²) in [6.07, 6.45) is 3.72. The average Bonchev–Trinajstić information content (AvgIpc) is 2.20. The fraction of sp³-hybridized carbons (Fsp3) is 0.900. The van der Waals surface area contributed by atoms with E-state index in [0.717, 1.165) is 25.9 Å². The summed E-state index contributed by atoms with van der Waals surface area (Å²) in [4.78, 5) is 10.7. The van der Waals surface area contributed by atoms with Gasteiger partial charge < -0.3 is 10.1 Å². The van der Waals surface area contributed by atoms with Crippen molar-refractivity contribution in [1.29, 1.82) is 0 Å². The maximum atomic E-state index is 10.7. The Hall–Kier alpha value is -0.570. The summed E-state index contributed by atoms with van der Waals surface area (Å²) in [5.41, 5.74) is 0. The zero-order valence-corrected chi connectivity index (χ0v) is 9.35. The molecule has 0 radical (unpaired) electrons. The first kappa shape index (κ1) is 14.9. The zero-order valence-electron chi connectivity index (χ0n) is 9.35. The van der Waals surface area contributed by atoms with Crippen molar-refractivity contribution in [2.24, 2.45) is 0 Å². The van der Waals surface area contributed by atoms with Crippen molar-refractivity contribution in [3.8, 4) is 0 Å². The van der Waals surface area contributed by atoms with E-state index in [4.69, 9.17) is 4.74 Å². The third-order valence-corrected chi connectivity index (χ3v) is 1.53. The second kappa shape index (κ2) is 14.0. The molecule has 13 heavy (non-hydrogen) atoms. The third-order valence-electron chi connectivity index (χ3n) is 1.53. The Bertz CT molecular complexity index is 105. The number of hydrogen-bond acceptors (Lipinski definition) is 2. The SMILES string of the molecule is CC.CNC(=O)CCCCCOC. The smallest absolute Gasteiger partial charge is 0.219 e. The van der Waals surface area contributed by atoms with Crippen LogP contribution in [0.15, 0.2) is 0 Å². The van der Waals surface area contributed by atoms with Crippen molar-refractivity contribution < 1.29 is 9.53 Å². The van der Waals surface area contributed by atoms with Gasteiger partial charge in [0.2, 0.25) is 5.91 Å². The Morgan fingerprint density at radius 1 is 1.23 bits per heavy atom. The highest BCUT2D eigenvalue weighted by molar-refractivity contribution is 5.75. The quantitative estimate of drug-likeness (QED) is 0.649. The van der Waals surface area contributed by atoms with E-state index in [1.54, 1.807) is 14.2 Å². The minimum Gasteiger partial charge on any atom is -0.385 e. The molecule has 0 heterocycles. The van der Waals surface area contributed by atoms with Gasteiger partial charge in [-0.05, 0) is 12.8 Å². The Labute approximate surface area is 81.9 Å². The van der Waals surface area contributed by atoms with Crippen molar-refractivity contribution in [3.63, 3.8) is 0 Å². The Kier molecular flexibility index (Phi) is 16.1. The summed E-state index contributed by atoms with van der Waals surface area (Å²) >= 11 is 0. The number of carbonyl (C=O) groups is 1. The van der Waals surface area contributed by atoms with Gasteiger partial charge in [-0.3, -0.25) is 4.79 Å². The van der Waals surface area contributed by atoms with Crippen LogP contribution in [0.3, 0.4) is 0 Å². The van der Waals surface area contributed by atoms with Crippen molar-refractivity contribution in [2.45, 2.75) is 39.5 Å². The number of unbranched alkanes of at least 4 members (excludes halogenated alkanes) is 2. The molecule has 3 heteroatoms. The van der Waals surface area contributed by atoms with E-state index in [-0.39, 0.29) is 5.91 Å². The van der Waals surface area contributed by atoms with Gasteiger partial charge in [-0.25, -0.2) is 0 Å². The van der Waals surface area contributed by atoms with E-state index in [2.05, 4.69) is 5.32 Å². The topological polar surface area (TPSA) is 38.3 Å². The molecule has 1 amide bonds. The predicted molar refractivity (Wildman–Crippen MR) is 55.8 cm³/mol. The van der Waals surface area contributed by atoms with Crippen molar-refractivity contribution in [2.75, 3.05) is 20.8 Å². The van der Waals surface area contributed by atoms with Gasteiger partial charge in [0.15, 0.2) is 0 Å². The van der Waals surface area contributed by atoms with Gasteiger partial charge in [-0.15, -0.1) is 0 Å². The second-order valence-electron chi connectivity index (χ2n) is 2.48. The highest BCUT2D eigenvalue weighted by Gasteiger charge is 1.95. The second-order valence-corrected chi connectivity index (χ2v) is 2.48. The molecule has 0 bridgehead atoms. The molecule has 0 aliphatic heterocycles. The molecule has 0 saturated carbocycles. The molecule has 0 fully saturated rings. The van der Waals surface area contributed by atoms with Crippen LogP contribution in [0, 0.1) is 0 Å². The molecule has 80 valence electrons. The van der Waals surface area contributed by atoms with E-state index in [1.807, 2.05) is 13.8 Å². The first-order valence-corrected chi connectivity index (χ1v) is 5.00. The Morgan fingerprint density at radius 2 is 1.85 bits per heavy atom. The molecular weight excluding hydrogens is 166 g/mol. The minimum absolute atomic E-state index is 0.127.